The van der Waals surface area contributed by atoms with Crippen molar-refractivity contribution in [1.29, 1.82) is 0 Å². The lowest BCUT2D eigenvalue weighted by Gasteiger charge is -2.35. The smallest absolute Gasteiger partial charge is 0.329 e. The van der Waals surface area contributed by atoms with Crippen LogP contribution in [0.1, 0.15) is 85.6 Å². The summed E-state index contributed by atoms with van der Waals surface area (Å²) in [6.07, 6.45) is 4.81. The maximum atomic E-state index is 13.6. The molecule has 1 aromatic rings. The molecular formula is C32H49N5O7. The minimum atomic E-state index is -1.17. The Kier molecular flexibility index (Phi) is 13.8. The van der Waals surface area contributed by atoms with Crippen molar-refractivity contribution >= 4 is 35.5 Å². The average molecular weight is 616 g/mol. The third-order valence-electron chi connectivity index (χ3n) is 7.48. The fraction of sp³-hybridized carbons (Fsp3) is 0.625. The number of hydrogen-bond donors (Lipinski definition) is 4. The summed E-state index contributed by atoms with van der Waals surface area (Å²) in [6, 6.07) is 4.47. The van der Waals surface area contributed by atoms with E-state index in [4.69, 9.17) is 10.5 Å². The Balaban J connectivity index is 0.00000155. The van der Waals surface area contributed by atoms with Gasteiger partial charge in [-0.15, -0.1) is 0 Å². The molecule has 5 N–H and O–H groups in total. The topological polar surface area (TPSA) is 177 Å². The van der Waals surface area contributed by atoms with E-state index in [0.29, 0.717) is 25.7 Å². The van der Waals surface area contributed by atoms with Crippen LogP contribution in [-0.2, 0) is 35.3 Å². The summed E-state index contributed by atoms with van der Waals surface area (Å²) in [4.78, 5) is 76.6. The van der Waals surface area contributed by atoms with Crippen LogP contribution in [-0.4, -0.2) is 71.1 Å². The maximum Gasteiger partial charge on any atom is 0.329 e. The van der Waals surface area contributed by atoms with Gasteiger partial charge in [-0.3, -0.25) is 19.2 Å². The number of nitrogens with one attached hydrogen (secondary N) is 3. The van der Waals surface area contributed by atoms with Crippen LogP contribution in [0.25, 0.3) is 0 Å². The summed E-state index contributed by atoms with van der Waals surface area (Å²) in [7, 11) is 0. The first-order chi connectivity index (χ1) is 20.6. The van der Waals surface area contributed by atoms with E-state index >= 15 is 0 Å². The summed E-state index contributed by atoms with van der Waals surface area (Å²) in [5, 5.41) is 7.77. The first kappa shape index (κ1) is 36.2. The van der Waals surface area contributed by atoms with E-state index in [0.717, 1.165) is 11.5 Å². The predicted octanol–water partition coefficient (Wildman–Crippen LogP) is 2.58. The van der Waals surface area contributed by atoms with Gasteiger partial charge in [-0.2, -0.15) is 0 Å². The quantitative estimate of drug-likeness (QED) is 0.206. The zero-order valence-corrected chi connectivity index (χ0v) is 26.8. The van der Waals surface area contributed by atoms with E-state index in [9.17, 15) is 28.8 Å². The van der Waals surface area contributed by atoms with E-state index in [1.54, 1.807) is 20.8 Å². The zero-order chi connectivity index (χ0) is 33.0. The molecule has 12 nitrogen and oxygen atoms in total. The molecule has 2 fully saturated rings. The Hall–Kier alpha value is -3.96. The summed E-state index contributed by atoms with van der Waals surface area (Å²) >= 11 is 0. The van der Waals surface area contributed by atoms with Crippen LogP contribution in [0.3, 0.4) is 0 Å². The van der Waals surface area contributed by atoms with Crippen molar-refractivity contribution in [3.63, 3.8) is 0 Å². The van der Waals surface area contributed by atoms with Crippen LogP contribution in [0.15, 0.2) is 30.3 Å². The third-order valence-corrected chi connectivity index (χ3v) is 7.48. The van der Waals surface area contributed by atoms with Crippen molar-refractivity contribution in [3.8, 4) is 0 Å². The number of ketones is 1. The van der Waals surface area contributed by atoms with E-state index < -0.39 is 65.1 Å². The molecule has 12 heteroatoms. The predicted molar refractivity (Wildman–Crippen MR) is 165 cm³/mol. The summed E-state index contributed by atoms with van der Waals surface area (Å²) < 4.78 is 5.39. The number of rotatable bonds is 12. The van der Waals surface area contributed by atoms with Crippen molar-refractivity contribution in [2.45, 2.75) is 111 Å². The molecule has 0 radical (unpaired) electrons. The number of likely N-dealkylation sites (tertiary alicyclic amines) is 1. The highest BCUT2D eigenvalue weighted by Crippen LogP contribution is 2.27. The lowest BCUT2D eigenvalue weighted by atomic mass is 9.85. The van der Waals surface area contributed by atoms with Crippen molar-refractivity contribution in [2.75, 3.05) is 6.54 Å². The molecule has 2 unspecified atom stereocenters. The Bertz CT molecular complexity index is 1160. The van der Waals surface area contributed by atoms with Gasteiger partial charge in [-0.1, -0.05) is 84.2 Å². The van der Waals surface area contributed by atoms with Gasteiger partial charge in [0.1, 0.15) is 24.7 Å². The molecule has 2 aliphatic rings. The van der Waals surface area contributed by atoms with Gasteiger partial charge in [0, 0.05) is 6.54 Å². The number of ether oxygens (including phenoxy) is 1. The molecule has 1 aliphatic carbocycles. The molecule has 3 rings (SSSR count). The van der Waals surface area contributed by atoms with Crippen molar-refractivity contribution < 1.29 is 33.5 Å². The van der Waals surface area contributed by atoms with Gasteiger partial charge >= 0.3 is 12.0 Å². The fourth-order valence-electron chi connectivity index (χ4n) is 4.57. The van der Waals surface area contributed by atoms with Crippen molar-refractivity contribution in [1.82, 2.24) is 20.9 Å². The van der Waals surface area contributed by atoms with Gasteiger partial charge in [0.05, 0.1) is 6.04 Å². The molecular weight excluding hydrogens is 566 g/mol. The van der Waals surface area contributed by atoms with Crippen LogP contribution in [0, 0.1) is 11.3 Å². The Morgan fingerprint density at radius 1 is 1.00 bits per heavy atom. The normalized spacial score (nSPS) is 18.0. The molecule has 1 aromatic carbocycles. The number of carbonyl (C=O) groups excluding carboxylic acids is 6. The number of urea groups is 1. The van der Waals surface area contributed by atoms with Gasteiger partial charge in [0.25, 0.3) is 5.91 Å². The molecule has 1 saturated carbocycles. The SMILES string of the molecule is CC1CC1.CCC[C@H](NC(=O)NC(C(=O)N1CCC[C@H]1C(=O)NC(C)C(=O)C(N)=O)C(C)(C)C)C(=O)OCc1ccccc1. The van der Waals surface area contributed by atoms with Crippen LogP contribution in [0.2, 0.25) is 0 Å². The average Bonchev–Trinajstić information content (AvgIpc) is 3.59. The van der Waals surface area contributed by atoms with Gasteiger partial charge < -0.3 is 31.3 Å². The monoisotopic (exact) mass is 615 g/mol. The van der Waals surface area contributed by atoms with Gasteiger partial charge in [0.15, 0.2) is 0 Å². The molecule has 244 valence electrons. The van der Waals surface area contributed by atoms with Gasteiger partial charge in [-0.25, -0.2) is 9.59 Å². The number of Topliss-reactive ketones (excluding diaryl/α,β-unsaturated/α-hetero) is 1. The lowest BCUT2D eigenvalue weighted by Crippen LogP contribution is -2.60. The second kappa shape index (κ2) is 16.8. The molecule has 1 saturated heterocycles. The number of amides is 5. The Labute approximate surface area is 260 Å². The molecule has 0 spiro atoms. The molecule has 5 amide bonds. The number of carbonyl (C=O) groups is 6. The Morgan fingerprint density at radius 2 is 1.61 bits per heavy atom. The number of hydrogen-bond acceptors (Lipinski definition) is 7. The second-order valence-electron chi connectivity index (χ2n) is 12.7. The molecule has 1 aliphatic heterocycles. The second-order valence-corrected chi connectivity index (χ2v) is 12.7. The first-order valence-electron chi connectivity index (χ1n) is 15.4. The van der Waals surface area contributed by atoms with E-state index in [1.807, 2.05) is 37.3 Å². The largest absolute Gasteiger partial charge is 0.459 e. The Morgan fingerprint density at radius 3 is 2.14 bits per heavy atom. The number of benzene rings is 1. The third kappa shape index (κ3) is 11.6. The van der Waals surface area contributed by atoms with Crippen molar-refractivity contribution in [2.24, 2.45) is 17.1 Å². The maximum absolute atomic E-state index is 13.6. The molecule has 0 bridgehead atoms. The summed E-state index contributed by atoms with van der Waals surface area (Å²) in [6.45, 7) is 11.1. The lowest BCUT2D eigenvalue weighted by molar-refractivity contribution is -0.147. The van der Waals surface area contributed by atoms with Crippen LogP contribution < -0.4 is 21.7 Å². The van der Waals surface area contributed by atoms with E-state index in [2.05, 4.69) is 22.9 Å². The van der Waals surface area contributed by atoms with Crippen LogP contribution >= 0.6 is 0 Å². The highest BCUT2D eigenvalue weighted by Gasteiger charge is 2.42. The highest BCUT2D eigenvalue weighted by atomic mass is 16.5. The molecule has 44 heavy (non-hydrogen) atoms. The molecule has 0 aromatic heterocycles. The summed E-state index contributed by atoms with van der Waals surface area (Å²) in [5.74, 6) is -2.68. The number of esters is 1. The van der Waals surface area contributed by atoms with Gasteiger partial charge in [-0.05, 0) is 43.1 Å². The highest BCUT2D eigenvalue weighted by molar-refractivity contribution is 6.37. The number of nitrogens with zero attached hydrogens (tertiary/aromatic N) is 1. The van der Waals surface area contributed by atoms with Crippen molar-refractivity contribution in [3.05, 3.63) is 35.9 Å². The van der Waals surface area contributed by atoms with Gasteiger partial charge in [0.2, 0.25) is 17.6 Å². The van der Waals surface area contributed by atoms with E-state index in [-0.39, 0.29) is 13.2 Å². The first-order valence-corrected chi connectivity index (χ1v) is 15.4. The van der Waals surface area contributed by atoms with Crippen LogP contribution in [0.4, 0.5) is 4.79 Å². The number of primary amides is 1. The molecule has 4 atom stereocenters. The summed E-state index contributed by atoms with van der Waals surface area (Å²) in [5.41, 5.74) is 5.07. The fourth-order valence-corrected chi connectivity index (χ4v) is 4.57. The minimum Gasteiger partial charge on any atom is -0.459 e. The number of nitrogens with two attached hydrogens (primary N) is 1. The van der Waals surface area contributed by atoms with E-state index in [1.165, 1.54) is 24.7 Å². The molecule has 1 heterocycles. The zero-order valence-electron chi connectivity index (χ0n) is 26.8. The minimum absolute atomic E-state index is 0.0638. The standard InChI is InChI=1S/C28H41N5O7.C4H8/c1-6-11-19(26(38)40-16-18-12-8-7-9-13-18)31-27(39)32-22(28(3,4)5)25(37)33-15-10-14-20(33)24(36)30-17(2)21(34)23(29)35;1-4-2-3-4/h7-9,12-13,17,19-20,22H,6,10-11,14-16H2,1-5H3,(H2,29,35)(H,30,36)(H2,31,32,39);4H,2-3H2,1H3/t17?,19-,20-,22?;/m0./s1. The van der Waals surface area contributed by atoms with Crippen LogP contribution in [0.5, 0.6) is 0 Å².